The van der Waals surface area contributed by atoms with Crippen LogP contribution in [0.15, 0.2) is 18.2 Å². The van der Waals surface area contributed by atoms with Gasteiger partial charge in [-0.2, -0.15) is 0 Å². The fourth-order valence-electron chi connectivity index (χ4n) is 2.79. The van der Waals surface area contributed by atoms with Gasteiger partial charge in [0.05, 0.1) is 0 Å². The highest BCUT2D eigenvalue weighted by molar-refractivity contribution is 5.95. The van der Waals surface area contributed by atoms with Crippen LogP contribution in [-0.4, -0.2) is 43.8 Å². The monoisotopic (exact) mass is 312 g/mol. The molecule has 2 aliphatic heterocycles. The summed E-state index contributed by atoms with van der Waals surface area (Å²) in [6, 6.07) is 5.69. The third-order valence-electron chi connectivity index (χ3n) is 4.03. The Morgan fingerprint density at radius 3 is 2.90 bits per heavy atom. The molecule has 2 heterocycles. The van der Waals surface area contributed by atoms with Gasteiger partial charge in [-0.3, -0.25) is 4.79 Å². The average molecular weight is 313 g/mol. The van der Waals surface area contributed by atoms with Crippen LogP contribution in [0.25, 0.3) is 0 Å². The number of amides is 1. The van der Waals surface area contributed by atoms with Crippen LogP contribution in [-0.2, 0) is 0 Å². The molecule has 1 saturated heterocycles. The predicted octanol–water partition coefficient (Wildman–Crippen LogP) is 2.05. The zero-order valence-electron chi connectivity index (χ0n) is 12.1. The first-order chi connectivity index (χ1) is 9.75. The Morgan fingerprint density at radius 2 is 2.05 bits per heavy atom. The Labute approximate surface area is 131 Å². The smallest absolute Gasteiger partial charge is 0.253 e. The Morgan fingerprint density at radius 1 is 1.24 bits per heavy atom. The number of nitrogens with zero attached hydrogens (tertiary/aromatic N) is 1. The lowest BCUT2D eigenvalue weighted by molar-refractivity contribution is 0.0720. The van der Waals surface area contributed by atoms with E-state index in [0.717, 1.165) is 32.4 Å². The molecular formula is C15H21ClN2O3. The van der Waals surface area contributed by atoms with Crippen LogP contribution < -0.4 is 14.8 Å². The molecule has 0 saturated carbocycles. The van der Waals surface area contributed by atoms with E-state index in [1.807, 2.05) is 11.9 Å². The van der Waals surface area contributed by atoms with Gasteiger partial charge in [-0.05, 0) is 50.6 Å². The second kappa shape index (κ2) is 7.00. The number of nitrogens with one attached hydrogen (secondary N) is 1. The maximum absolute atomic E-state index is 12.6. The third kappa shape index (κ3) is 3.41. The topological polar surface area (TPSA) is 50.8 Å². The van der Waals surface area contributed by atoms with Crippen LogP contribution in [0.3, 0.4) is 0 Å². The number of fused-ring (bicyclic) bond motifs is 1. The van der Waals surface area contributed by atoms with Gasteiger partial charge in [0.25, 0.3) is 5.91 Å². The molecular weight excluding hydrogens is 292 g/mol. The van der Waals surface area contributed by atoms with Gasteiger partial charge >= 0.3 is 0 Å². The van der Waals surface area contributed by atoms with Crippen molar-refractivity contribution in [2.45, 2.75) is 25.3 Å². The van der Waals surface area contributed by atoms with E-state index in [1.54, 1.807) is 18.2 Å². The van der Waals surface area contributed by atoms with E-state index in [1.165, 1.54) is 0 Å². The number of ether oxygens (including phenoxy) is 2. The summed E-state index contributed by atoms with van der Waals surface area (Å²) in [5.74, 6) is 1.42. The summed E-state index contributed by atoms with van der Waals surface area (Å²) in [6.45, 7) is 2.25. The van der Waals surface area contributed by atoms with E-state index in [2.05, 4.69) is 5.32 Å². The Bertz CT molecular complexity index is 502. The Kier molecular flexibility index (Phi) is 5.31. The van der Waals surface area contributed by atoms with Gasteiger partial charge in [0.2, 0.25) is 6.79 Å². The number of hydrogen-bond donors (Lipinski definition) is 1. The molecule has 0 spiro atoms. The van der Waals surface area contributed by atoms with Crippen LogP contribution in [0, 0.1) is 0 Å². The number of carbonyl (C=O) groups excluding carboxylic acids is 1. The molecule has 0 aliphatic carbocycles. The van der Waals surface area contributed by atoms with Gasteiger partial charge in [-0.15, -0.1) is 12.4 Å². The molecule has 0 radical (unpaired) electrons. The molecule has 21 heavy (non-hydrogen) atoms. The molecule has 1 N–H and O–H groups in total. The molecule has 1 amide bonds. The lowest BCUT2D eigenvalue weighted by Crippen LogP contribution is -2.37. The van der Waals surface area contributed by atoms with E-state index in [0.29, 0.717) is 23.1 Å². The molecule has 1 fully saturated rings. The first-order valence-corrected chi connectivity index (χ1v) is 7.13. The van der Waals surface area contributed by atoms with Gasteiger partial charge in [-0.1, -0.05) is 0 Å². The Balaban J connectivity index is 0.00000161. The molecule has 0 bridgehead atoms. The molecule has 2 aliphatic rings. The number of benzene rings is 1. The lowest BCUT2D eigenvalue weighted by atomic mass is 10.1. The maximum atomic E-state index is 12.6. The van der Waals surface area contributed by atoms with Crippen molar-refractivity contribution in [3.05, 3.63) is 23.8 Å². The van der Waals surface area contributed by atoms with Crippen molar-refractivity contribution < 1.29 is 14.3 Å². The van der Waals surface area contributed by atoms with Crippen LogP contribution >= 0.6 is 12.4 Å². The highest BCUT2D eigenvalue weighted by Gasteiger charge is 2.23. The van der Waals surface area contributed by atoms with E-state index in [-0.39, 0.29) is 25.1 Å². The predicted molar refractivity (Wildman–Crippen MR) is 82.4 cm³/mol. The fourth-order valence-corrected chi connectivity index (χ4v) is 2.79. The van der Waals surface area contributed by atoms with Crippen LogP contribution in [0.4, 0.5) is 0 Å². The van der Waals surface area contributed by atoms with Gasteiger partial charge in [0, 0.05) is 18.7 Å². The molecule has 1 unspecified atom stereocenters. The van der Waals surface area contributed by atoms with Crippen molar-refractivity contribution >= 4 is 18.3 Å². The zero-order chi connectivity index (χ0) is 13.9. The van der Waals surface area contributed by atoms with Crippen molar-refractivity contribution in [2.75, 3.05) is 26.9 Å². The van der Waals surface area contributed by atoms with Crippen LogP contribution in [0.5, 0.6) is 11.5 Å². The normalized spacial score (nSPS) is 20.3. The molecule has 1 aromatic carbocycles. The van der Waals surface area contributed by atoms with Crippen LogP contribution in [0.1, 0.15) is 29.6 Å². The highest BCUT2D eigenvalue weighted by Crippen LogP contribution is 2.33. The van der Waals surface area contributed by atoms with E-state index >= 15 is 0 Å². The van der Waals surface area contributed by atoms with Crippen molar-refractivity contribution in [2.24, 2.45) is 0 Å². The van der Waals surface area contributed by atoms with Gasteiger partial charge < -0.3 is 19.7 Å². The second-order valence-electron chi connectivity index (χ2n) is 5.32. The minimum Gasteiger partial charge on any atom is -0.454 e. The average Bonchev–Trinajstić information content (AvgIpc) is 2.77. The minimum absolute atomic E-state index is 0. The molecule has 0 aromatic heterocycles. The fraction of sp³-hybridized carbons (Fsp3) is 0.533. The molecule has 3 rings (SSSR count). The molecule has 6 heteroatoms. The molecule has 116 valence electrons. The summed E-state index contributed by atoms with van der Waals surface area (Å²) in [5.41, 5.74) is 0.661. The Hall–Kier alpha value is -1.46. The SMILES string of the molecule is CN(C(=O)c1ccc2c(c1)OCO2)C1CCCNCC1.Cl. The molecule has 1 atom stereocenters. The standard InChI is InChI=1S/C15H20N2O3.ClH/c1-17(12-3-2-7-16-8-6-12)15(18)11-4-5-13-14(9-11)20-10-19-13;/h4-5,9,12,16H,2-3,6-8,10H2,1H3;1H. The number of halogens is 1. The van der Waals surface area contributed by atoms with E-state index in [9.17, 15) is 4.79 Å². The summed E-state index contributed by atoms with van der Waals surface area (Å²) in [5, 5.41) is 3.37. The maximum Gasteiger partial charge on any atom is 0.253 e. The molecule has 1 aromatic rings. The quantitative estimate of drug-likeness (QED) is 0.908. The first kappa shape index (κ1) is 15.9. The van der Waals surface area contributed by atoms with Gasteiger partial charge in [-0.25, -0.2) is 0 Å². The summed E-state index contributed by atoms with van der Waals surface area (Å²) in [4.78, 5) is 14.4. The van der Waals surface area contributed by atoms with E-state index in [4.69, 9.17) is 9.47 Å². The second-order valence-corrected chi connectivity index (χ2v) is 5.32. The summed E-state index contributed by atoms with van der Waals surface area (Å²) >= 11 is 0. The van der Waals surface area contributed by atoms with Crippen molar-refractivity contribution in [1.29, 1.82) is 0 Å². The van der Waals surface area contributed by atoms with Crippen molar-refractivity contribution in [1.82, 2.24) is 10.2 Å². The van der Waals surface area contributed by atoms with E-state index < -0.39 is 0 Å². The largest absolute Gasteiger partial charge is 0.454 e. The minimum atomic E-state index is 0. The van der Waals surface area contributed by atoms with Crippen molar-refractivity contribution in [3.63, 3.8) is 0 Å². The highest BCUT2D eigenvalue weighted by atomic mass is 35.5. The zero-order valence-corrected chi connectivity index (χ0v) is 12.9. The first-order valence-electron chi connectivity index (χ1n) is 7.13. The number of rotatable bonds is 2. The third-order valence-corrected chi connectivity index (χ3v) is 4.03. The summed E-state index contributed by atoms with van der Waals surface area (Å²) in [7, 11) is 1.89. The van der Waals surface area contributed by atoms with Crippen LogP contribution in [0.2, 0.25) is 0 Å². The summed E-state index contributed by atoms with van der Waals surface area (Å²) in [6.07, 6.45) is 3.18. The van der Waals surface area contributed by atoms with Gasteiger partial charge in [0.15, 0.2) is 11.5 Å². The lowest BCUT2D eigenvalue weighted by Gasteiger charge is -2.27. The van der Waals surface area contributed by atoms with Crippen molar-refractivity contribution in [3.8, 4) is 11.5 Å². The summed E-state index contributed by atoms with van der Waals surface area (Å²) < 4.78 is 10.6. The molecule has 5 nitrogen and oxygen atoms in total. The number of hydrogen-bond acceptors (Lipinski definition) is 4. The number of carbonyl (C=O) groups is 1. The van der Waals surface area contributed by atoms with Gasteiger partial charge in [0.1, 0.15) is 0 Å².